The van der Waals surface area contributed by atoms with Crippen LogP contribution < -0.4 is 16.4 Å². The number of fused-ring (bicyclic) bond motifs is 2. The first-order valence-electron chi connectivity index (χ1n) is 10.7. The van der Waals surface area contributed by atoms with Crippen LogP contribution in [0.3, 0.4) is 0 Å². The predicted molar refractivity (Wildman–Crippen MR) is 108 cm³/mol. The van der Waals surface area contributed by atoms with Crippen LogP contribution in [0.5, 0.6) is 0 Å². The molecule has 6 heteroatoms. The Hall–Kier alpha value is -2.08. The summed E-state index contributed by atoms with van der Waals surface area (Å²) in [7, 11) is 0. The van der Waals surface area contributed by atoms with Gasteiger partial charge < -0.3 is 16.4 Å². The van der Waals surface area contributed by atoms with Crippen LogP contribution in [-0.2, 0) is 17.9 Å². The highest BCUT2D eigenvalue weighted by molar-refractivity contribution is 5.77. The van der Waals surface area contributed by atoms with E-state index >= 15 is 0 Å². The maximum Gasteiger partial charge on any atom is 0.315 e. The van der Waals surface area contributed by atoms with Crippen molar-refractivity contribution >= 4 is 11.9 Å². The zero-order chi connectivity index (χ0) is 19.6. The van der Waals surface area contributed by atoms with E-state index in [0.29, 0.717) is 6.54 Å². The summed E-state index contributed by atoms with van der Waals surface area (Å²) in [5.41, 5.74) is 7.85. The zero-order valence-corrected chi connectivity index (χ0v) is 16.6. The van der Waals surface area contributed by atoms with Gasteiger partial charge in [-0.15, -0.1) is 0 Å². The number of piperidine rings is 1. The van der Waals surface area contributed by atoms with Gasteiger partial charge in [0.2, 0.25) is 5.91 Å². The van der Waals surface area contributed by atoms with Crippen molar-refractivity contribution in [3.8, 4) is 0 Å². The standard InChI is InChI=1S/C22H32N4O2/c23-20(27)19-5-2-10-26(15-19)14-18-4-1-3-17(11-18)13-24-21(28)25-22-8-6-16(12-22)7-9-22/h1,3-4,11,16,19H,2,5-10,12-15H2,(H2,23,27)(H2,24,25,28). The number of primary amides is 1. The number of hydrogen-bond donors (Lipinski definition) is 3. The van der Waals surface area contributed by atoms with Crippen LogP contribution >= 0.6 is 0 Å². The highest BCUT2D eigenvalue weighted by Gasteiger charge is 2.45. The van der Waals surface area contributed by atoms with Crippen LogP contribution in [0.1, 0.15) is 56.1 Å². The minimum absolute atomic E-state index is 0.0348. The van der Waals surface area contributed by atoms with Gasteiger partial charge in [-0.25, -0.2) is 4.79 Å². The lowest BCUT2D eigenvalue weighted by Crippen LogP contribution is -2.49. The molecule has 6 nitrogen and oxygen atoms in total. The summed E-state index contributed by atoms with van der Waals surface area (Å²) in [6.07, 6.45) is 7.83. The van der Waals surface area contributed by atoms with Crippen molar-refractivity contribution in [3.63, 3.8) is 0 Å². The molecule has 28 heavy (non-hydrogen) atoms. The molecule has 2 aliphatic carbocycles. The van der Waals surface area contributed by atoms with Gasteiger partial charge in [0.25, 0.3) is 0 Å². The van der Waals surface area contributed by atoms with Crippen molar-refractivity contribution in [1.82, 2.24) is 15.5 Å². The second-order valence-electron chi connectivity index (χ2n) is 9.03. The molecule has 0 spiro atoms. The summed E-state index contributed by atoms with van der Waals surface area (Å²) in [4.78, 5) is 26.2. The van der Waals surface area contributed by atoms with Crippen molar-refractivity contribution in [3.05, 3.63) is 35.4 Å². The molecule has 3 amide bonds. The van der Waals surface area contributed by atoms with Crippen LogP contribution in [0.15, 0.2) is 24.3 Å². The number of nitrogens with zero attached hydrogens (tertiary/aromatic N) is 1. The third-order valence-corrected chi connectivity index (χ3v) is 6.88. The molecule has 1 atom stereocenters. The molecule has 1 saturated heterocycles. The average molecular weight is 385 g/mol. The summed E-state index contributed by atoms with van der Waals surface area (Å²) in [6, 6.07) is 8.29. The summed E-state index contributed by atoms with van der Waals surface area (Å²) in [5.74, 6) is 0.595. The Morgan fingerprint density at radius 3 is 2.68 bits per heavy atom. The Bertz CT molecular complexity index is 727. The summed E-state index contributed by atoms with van der Waals surface area (Å²) in [5, 5.41) is 6.28. The second-order valence-corrected chi connectivity index (χ2v) is 9.03. The number of hydrogen-bond acceptors (Lipinski definition) is 3. The molecule has 1 unspecified atom stereocenters. The first kappa shape index (κ1) is 19.2. The van der Waals surface area contributed by atoms with E-state index in [4.69, 9.17) is 5.73 Å². The van der Waals surface area contributed by atoms with E-state index in [2.05, 4.69) is 27.7 Å². The van der Waals surface area contributed by atoms with Crippen LogP contribution in [0.4, 0.5) is 4.79 Å². The number of urea groups is 1. The van der Waals surface area contributed by atoms with E-state index in [1.165, 1.54) is 18.4 Å². The molecule has 1 aromatic carbocycles. The Balaban J connectivity index is 1.27. The van der Waals surface area contributed by atoms with Gasteiger partial charge in [0, 0.05) is 25.2 Å². The second kappa shape index (κ2) is 8.11. The largest absolute Gasteiger partial charge is 0.369 e. The topological polar surface area (TPSA) is 87.5 Å². The van der Waals surface area contributed by atoms with Crippen LogP contribution in [0, 0.1) is 11.8 Å². The fourth-order valence-electron chi connectivity index (χ4n) is 5.36. The molecule has 0 aromatic heterocycles. The molecule has 4 rings (SSSR count). The first-order valence-corrected chi connectivity index (χ1v) is 10.7. The Kier molecular flexibility index (Phi) is 5.58. The predicted octanol–water partition coefficient (Wildman–Crippen LogP) is 2.52. The van der Waals surface area contributed by atoms with Gasteiger partial charge in [0.05, 0.1) is 5.92 Å². The number of nitrogens with one attached hydrogen (secondary N) is 2. The molecule has 1 aromatic rings. The van der Waals surface area contributed by atoms with Gasteiger partial charge in [-0.3, -0.25) is 9.69 Å². The maximum atomic E-state index is 12.4. The molecule has 1 aliphatic heterocycles. The number of nitrogens with two attached hydrogens (primary N) is 1. The smallest absolute Gasteiger partial charge is 0.315 e. The van der Waals surface area contributed by atoms with Crippen LogP contribution in [0.25, 0.3) is 0 Å². The molecule has 3 fully saturated rings. The number of benzene rings is 1. The van der Waals surface area contributed by atoms with Gasteiger partial charge in [0.15, 0.2) is 0 Å². The van der Waals surface area contributed by atoms with Crippen molar-refractivity contribution in [2.45, 2.75) is 63.6 Å². The molecular formula is C22H32N4O2. The molecular weight excluding hydrogens is 352 g/mol. The maximum absolute atomic E-state index is 12.4. The van der Waals surface area contributed by atoms with Crippen molar-refractivity contribution in [2.24, 2.45) is 17.6 Å². The van der Waals surface area contributed by atoms with Crippen molar-refractivity contribution in [2.75, 3.05) is 13.1 Å². The minimum atomic E-state index is -0.191. The first-order chi connectivity index (χ1) is 13.5. The summed E-state index contributed by atoms with van der Waals surface area (Å²) in [6.45, 7) is 3.08. The van der Waals surface area contributed by atoms with E-state index in [0.717, 1.165) is 63.2 Å². The fourth-order valence-corrected chi connectivity index (χ4v) is 5.36. The van der Waals surface area contributed by atoms with E-state index in [1.807, 2.05) is 12.1 Å². The fraction of sp³-hybridized carbons (Fsp3) is 0.636. The summed E-state index contributed by atoms with van der Waals surface area (Å²) >= 11 is 0. The zero-order valence-electron chi connectivity index (χ0n) is 16.6. The molecule has 4 N–H and O–H groups in total. The van der Waals surface area contributed by atoms with Gasteiger partial charge in [-0.1, -0.05) is 24.3 Å². The Morgan fingerprint density at radius 1 is 1.18 bits per heavy atom. The number of carbonyl (C=O) groups is 2. The third-order valence-electron chi connectivity index (χ3n) is 6.88. The number of amides is 3. The Morgan fingerprint density at radius 2 is 1.96 bits per heavy atom. The number of carbonyl (C=O) groups excluding carboxylic acids is 2. The lowest BCUT2D eigenvalue weighted by molar-refractivity contribution is -0.123. The highest BCUT2D eigenvalue weighted by atomic mass is 16.2. The van der Waals surface area contributed by atoms with Gasteiger partial charge in [-0.2, -0.15) is 0 Å². The van der Waals surface area contributed by atoms with Crippen LogP contribution in [-0.4, -0.2) is 35.5 Å². The molecule has 1 heterocycles. The van der Waals surface area contributed by atoms with Crippen LogP contribution in [0.2, 0.25) is 0 Å². The van der Waals surface area contributed by atoms with Gasteiger partial charge in [0.1, 0.15) is 0 Å². The molecule has 3 aliphatic rings. The summed E-state index contributed by atoms with van der Waals surface area (Å²) < 4.78 is 0. The molecule has 2 bridgehead atoms. The number of rotatable bonds is 6. The molecule has 152 valence electrons. The molecule has 2 saturated carbocycles. The van der Waals surface area contributed by atoms with E-state index in [9.17, 15) is 9.59 Å². The quantitative estimate of drug-likeness (QED) is 0.704. The van der Waals surface area contributed by atoms with Crippen molar-refractivity contribution < 1.29 is 9.59 Å². The normalized spacial score (nSPS) is 29.6. The monoisotopic (exact) mass is 384 g/mol. The molecule has 0 radical (unpaired) electrons. The lowest BCUT2D eigenvalue weighted by Gasteiger charge is -2.31. The Labute approximate surface area is 167 Å². The number of likely N-dealkylation sites (tertiary alicyclic amines) is 1. The van der Waals surface area contributed by atoms with E-state index in [-0.39, 0.29) is 23.4 Å². The average Bonchev–Trinajstić information content (AvgIpc) is 3.27. The van der Waals surface area contributed by atoms with E-state index < -0.39 is 0 Å². The van der Waals surface area contributed by atoms with E-state index in [1.54, 1.807) is 0 Å². The highest BCUT2D eigenvalue weighted by Crippen LogP contribution is 2.47. The minimum Gasteiger partial charge on any atom is -0.369 e. The van der Waals surface area contributed by atoms with Crippen molar-refractivity contribution in [1.29, 1.82) is 0 Å². The SMILES string of the molecule is NC(=O)C1CCCN(Cc2cccc(CNC(=O)NC34CCC(CC3)C4)c2)C1. The third kappa shape index (κ3) is 4.49. The lowest BCUT2D eigenvalue weighted by atomic mass is 9.94. The van der Waals surface area contributed by atoms with Gasteiger partial charge >= 0.3 is 6.03 Å². The van der Waals surface area contributed by atoms with Gasteiger partial charge in [-0.05, 0) is 68.5 Å².